The van der Waals surface area contributed by atoms with Crippen LogP contribution in [0, 0.1) is 13.8 Å². The van der Waals surface area contributed by atoms with Crippen LogP contribution in [-0.2, 0) is 7.05 Å². The summed E-state index contributed by atoms with van der Waals surface area (Å²) in [6.45, 7) is 6.17. The number of likely N-dealkylation sites (tertiary alicyclic amines) is 1. The lowest BCUT2D eigenvalue weighted by Gasteiger charge is -2.27. The largest absolute Gasteiger partial charge is 0.357 e. The molecule has 1 atom stereocenters. The van der Waals surface area contributed by atoms with Crippen molar-refractivity contribution in [3.05, 3.63) is 11.5 Å². The molecule has 2 aromatic heterocycles. The molecular weight excluding hydrogens is 264 g/mol. The highest BCUT2D eigenvalue weighted by atomic mass is 15.3. The smallest absolute Gasteiger partial charge is 0.163 e. The van der Waals surface area contributed by atoms with Gasteiger partial charge in [-0.15, -0.1) is 0 Å². The molecular formula is C15H24N6. The zero-order valence-corrected chi connectivity index (χ0v) is 13.6. The van der Waals surface area contributed by atoms with Crippen LogP contribution in [0.1, 0.15) is 24.4 Å². The normalized spacial score (nSPS) is 19.6. The van der Waals surface area contributed by atoms with E-state index in [1.54, 1.807) is 0 Å². The quantitative estimate of drug-likeness (QED) is 0.857. The van der Waals surface area contributed by atoms with E-state index in [2.05, 4.69) is 39.0 Å². The third kappa shape index (κ3) is 2.48. The number of aryl methyl sites for hydroxylation is 3. The Morgan fingerprint density at radius 2 is 2.00 bits per heavy atom. The van der Waals surface area contributed by atoms with E-state index in [0.29, 0.717) is 6.04 Å². The lowest BCUT2D eigenvalue weighted by atomic mass is 10.2. The summed E-state index contributed by atoms with van der Waals surface area (Å²) in [5.74, 6) is 1.80. The second-order valence-corrected chi connectivity index (χ2v) is 6.16. The number of rotatable bonds is 3. The van der Waals surface area contributed by atoms with Gasteiger partial charge in [-0.2, -0.15) is 5.10 Å². The molecule has 0 saturated carbocycles. The molecule has 0 spiro atoms. The first-order valence-electron chi connectivity index (χ1n) is 7.56. The Balaban J connectivity index is 1.99. The molecule has 3 heterocycles. The van der Waals surface area contributed by atoms with Crippen LogP contribution in [0.4, 0.5) is 5.82 Å². The number of fused-ring (bicyclic) bond motifs is 1. The number of nitrogens with zero attached hydrogens (tertiary/aromatic N) is 6. The number of hydrogen-bond acceptors (Lipinski definition) is 5. The lowest BCUT2D eigenvalue weighted by molar-refractivity contribution is 0.314. The van der Waals surface area contributed by atoms with Crippen LogP contribution >= 0.6 is 0 Å². The maximum absolute atomic E-state index is 4.69. The Labute approximate surface area is 125 Å². The Morgan fingerprint density at radius 3 is 2.67 bits per heavy atom. The third-order valence-electron chi connectivity index (χ3n) is 4.47. The van der Waals surface area contributed by atoms with Crippen molar-refractivity contribution in [1.29, 1.82) is 0 Å². The van der Waals surface area contributed by atoms with Gasteiger partial charge in [-0.1, -0.05) is 0 Å². The summed E-state index contributed by atoms with van der Waals surface area (Å²) < 4.78 is 1.85. The van der Waals surface area contributed by atoms with Gasteiger partial charge in [-0.25, -0.2) is 9.97 Å². The summed E-state index contributed by atoms with van der Waals surface area (Å²) >= 11 is 0. The van der Waals surface area contributed by atoms with E-state index >= 15 is 0 Å². The van der Waals surface area contributed by atoms with E-state index in [1.165, 1.54) is 19.4 Å². The first-order chi connectivity index (χ1) is 9.97. The zero-order chi connectivity index (χ0) is 15.1. The predicted molar refractivity (Wildman–Crippen MR) is 84.7 cm³/mol. The van der Waals surface area contributed by atoms with Crippen molar-refractivity contribution in [3.8, 4) is 0 Å². The minimum Gasteiger partial charge on any atom is -0.357 e. The van der Waals surface area contributed by atoms with Gasteiger partial charge in [0.2, 0.25) is 0 Å². The number of hydrogen-bond donors (Lipinski definition) is 0. The van der Waals surface area contributed by atoms with Gasteiger partial charge in [0.25, 0.3) is 0 Å². The van der Waals surface area contributed by atoms with Crippen LogP contribution in [0.2, 0.25) is 0 Å². The zero-order valence-electron chi connectivity index (χ0n) is 13.6. The van der Waals surface area contributed by atoms with Crippen LogP contribution in [0.5, 0.6) is 0 Å². The molecule has 0 N–H and O–H groups in total. The van der Waals surface area contributed by atoms with E-state index in [4.69, 9.17) is 0 Å². The minimum absolute atomic E-state index is 0.609. The van der Waals surface area contributed by atoms with Gasteiger partial charge in [-0.05, 0) is 40.3 Å². The average molecular weight is 288 g/mol. The summed E-state index contributed by atoms with van der Waals surface area (Å²) in [4.78, 5) is 13.9. The maximum Gasteiger partial charge on any atom is 0.163 e. The van der Waals surface area contributed by atoms with Crippen molar-refractivity contribution in [2.75, 3.05) is 32.1 Å². The van der Waals surface area contributed by atoms with Crippen molar-refractivity contribution in [3.63, 3.8) is 0 Å². The van der Waals surface area contributed by atoms with Crippen molar-refractivity contribution >= 4 is 16.9 Å². The molecule has 1 aliphatic heterocycles. The number of likely N-dealkylation sites (N-methyl/N-ethyl adjacent to an activating group) is 2. The number of anilines is 1. The summed E-state index contributed by atoms with van der Waals surface area (Å²) in [6, 6.07) is 0.609. The van der Waals surface area contributed by atoms with Crippen LogP contribution in [0.3, 0.4) is 0 Å². The fourth-order valence-corrected chi connectivity index (χ4v) is 3.31. The first-order valence-corrected chi connectivity index (χ1v) is 7.56. The summed E-state index contributed by atoms with van der Waals surface area (Å²) in [7, 11) is 6.28. The molecule has 1 aliphatic rings. The topological polar surface area (TPSA) is 50.1 Å². The first kappa shape index (κ1) is 14.3. The second kappa shape index (κ2) is 5.26. The monoisotopic (exact) mass is 288 g/mol. The fraction of sp³-hybridized carbons (Fsp3) is 0.667. The Hall–Kier alpha value is -1.69. The van der Waals surface area contributed by atoms with E-state index in [9.17, 15) is 0 Å². The third-order valence-corrected chi connectivity index (χ3v) is 4.47. The summed E-state index contributed by atoms with van der Waals surface area (Å²) in [6.07, 6.45) is 2.55. The molecule has 3 rings (SSSR count). The van der Waals surface area contributed by atoms with E-state index < -0.39 is 0 Å². The Kier molecular flexibility index (Phi) is 3.57. The highest BCUT2D eigenvalue weighted by molar-refractivity contribution is 5.89. The van der Waals surface area contributed by atoms with Gasteiger partial charge >= 0.3 is 0 Å². The Bertz CT molecular complexity index is 662. The van der Waals surface area contributed by atoms with Crippen molar-refractivity contribution in [1.82, 2.24) is 24.6 Å². The van der Waals surface area contributed by atoms with E-state index in [-0.39, 0.29) is 0 Å². The van der Waals surface area contributed by atoms with Gasteiger partial charge in [0.15, 0.2) is 5.65 Å². The van der Waals surface area contributed by atoms with Crippen molar-refractivity contribution < 1.29 is 0 Å². The standard InChI is InChI=1S/C15H24N6/c1-10-13-14(16-11(2)17-15(13)21(5)18-10)20(4)9-12-7-6-8-19(12)3/h12H,6-9H2,1-5H3/t12-/m1/s1. The number of aromatic nitrogens is 4. The summed E-state index contributed by atoms with van der Waals surface area (Å²) in [5.41, 5.74) is 1.91. The molecule has 2 aromatic rings. The van der Waals surface area contributed by atoms with Gasteiger partial charge in [0.1, 0.15) is 11.6 Å². The molecule has 0 unspecified atom stereocenters. The lowest BCUT2D eigenvalue weighted by Crippen LogP contribution is -2.37. The molecule has 6 heteroatoms. The SMILES string of the molecule is Cc1nc(N(C)C[C@H]2CCCN2C)c2c(C)nn(C)c2n1. The highest BCUT2D eigenvalue weighted by Gasteiger charge is 2.24. The van der Waals surface area contributed by atoms with Crippen LogP contribution in [-0.4, -0.2) is 57.9 Å². The van der Waals surface area contributed by atoms with Crippen molar-refractivity contribution in [2.24, 2.45) is 7.05 Å². The fourth-order valence-electron chi connectivity index (χ4n) is 3.31. The second-order valence-electron chi connectivity index (χ2n) is 6.16. The molecule has 21 heavy (non-hydrogen) atoms. The molecule has 0 amide bonds. The molecule has 6 nitrogen and oxygen atoms in total. The van der Waals surface area contributed by atoms with Gasteiger partial charge < -0.3 is 9.80 Å². The molecule has 0 radical (unpaired) electrons. The molecule has 0 bridgehead atoms. The van der Waals surface area contributed by atoms with Crippen molar-refractivity contribution in [2.45, 2.75) is 32.7 Å². The van der Waals surface area contributed by atoms with Gasteiger partial charge in [0, 0.05) is 26.7 Å². The van der Waals surface area contributed by atoms with E-state index in [0.717, 1.165) is 34.9 Å². The molecule has 1 fully saturated rings. The van der Waals surface area contributed by atoms with Crippen LogP contribution < -0.4 is 4.90 Å². The average Bonchev–Trinajstić information content (AvgIpc) is 2.94. The molecule has 114 valence electrons. The van der Waals surface area contributed by atoms with E-state index in [1.807, 2.05) is 25.6 Å². The van der Waals surface area contributed by atoms with Gasteiger partial charge in [-0.3, -0.25) is 4.68 Å². The van der Waals surface area contributed by atoms with Crippen LogP contribution in [0.25, 0.3) is 11.0 Å². The maximum atomic E-state index is 4.69. The highest BCUT2D eigenvalue weighted by Crippen LogP contribution is 2.27. The van der Waals surface area contributed by atoms with Crippen LogP contribution in [0.15, 0.2) is 0 Å². The minimum atomic E-state index is 0.609. The van der Waals surface area contributed by atoms with Gasteiger partial charge in [0.05, 0.1) is 11.1 Å². The molecule has 1 saturated heterocycles. The molecule has 0 aliphatic carbocycles. The summed E-state index contributed by atoms with van der Waals surface area (Å²) in [5, 5.41) is 5.57. The molecule has 0 aromatic carbocycles. The predicted octanol–water partition coefficient (Wildman–Crippen LogP) is 1.51. The Morgan fingerprint density at radius 1 is 1.24 bits per heavy atom.